The number of amides is 1. The summed E-state index contributed by atoms with van der Waals surface area (Å²) in [4.78, 5) is 36.4. The van der Waals surface area contributed by atoms with Crippen molar-refractivity contribution in [3.63, 3.8) is 0 Å². The molecule has 4 atom stereocenters. The van der Waals surface area contributed by atoms with E-state index in [1.807, 2.05) is 60.7 Å². The Morgan fingerprint density at radius 2 is 1.80 bits per heavy atom. The molecule has 2 fully saturated rings. The number of aromatic amines is 1. The van der Waals surface area contributed by atoms with E-state index in [4.69, 9.17) is 18.9 Å². The lowest BCUT2D eigenvalue weighted by atomic mass is 9.97. The van der Waals surface area contributed by atoms with E-state index in [2.05, 4.69) is 26.8 Å². The minimum Gasteiger partial charge on any atom is -0.484 e. The molecule has 2 unspecified atom stereocenters. The molecular weight excluding hydrogens is 526 g/mol. The van der Waals surface area contributed by atoms with Gasteiger partial charge in [-0.05, 0) is 11.1 Å². The molecule has 0 saturated carbocycles. The van der Waals surface area contributed by atoms with Crippen LogP contribution in [0.1, 0.15) is 31.2 Å². The minimum absolute atomic E-state index is 0.0224. The van der Waals surface area contributed by atoms with Crippen LogP contribution in [0.2, 0.25) is 0 Å². The summed E-state index contributed by atoms with van der Waals surface area (Å²) < 4.78 is 27.1. The summed E-state index contributed by atoms with van der Waals surface area (Å²) in [7, 11) is 0. The average Bonchev–Trinajstić information content (AvgIpc) is 3.60. The molecule has 2 aliphatic heterocycles. The number of hydrogen-bond acceptors (Lipinski definition) is 8. The van der Waals surface area contributed by atoms with E-state index < -0.39 is 29.6 Å². The maximum atomic E-state index is 12.8. The summed E-state index contributed by atoms with van der Waals surface area (Å²) >= 11 is 0. The molecule has 4 heterocycles. The highest BCUT2D eigenvalue weighted by molar-refractivity contribution is 5.91. The van der Waals surface area contributed by atoms with Gasteiger partial charge < -0.3 is 18.9 Å². The number of ether oxygens (including phenoxy) is 4. The third-order valence-electron chi connectivity index (χ3n) is 7.29. The van der Waals surface area contributed by atoms with Crippen molar-refractivity contribution in [3.8, 4) is 0 Å². The minimum atomic E-state index is -1.12. The van der Waals surface area contributed by atoms with Crippen LogP contribution in [0, 0.1) is 5.92 Å². The van der Waals surface area contributed by atoms with E-state index in [1.54, 1.807) is 18.4 Å². The average molecular weight is 558 g/mol. The smallest absolute Gasteiger partial charge is 0.280 e. The molecule has 2 bridgehead atoms. The number of fused-ring (bicyclic) bond motifs is 3. The van der Waals surface area contributed by atoms with Crippen LogP contribution >= 0.6 is 0 Å². The summed E-state index contributed by atoms with van der Waals surface area (Å²) in [5, 5.41) is 2.64. The molecule has 2 saturated heterocycles. The predicted octanol–water partition coefficient (Wildman–Crippen LogP) is 3.70. The summed E-state index contributed by atoms with van der Waals surface area (Å²) in [6, 6.07) is 19.6. The fourth-order valence-corrected chi connectivity index (χ4v) is 5.10. The highest BCUT2D eigenvalue weighted by Crippen LogP contribution is 2.52. The lowest BCUT2D eigenvalue weighted by Crippen LogP contribution is -2.44. The first kappa shape index (κ1) is 26.9. The number of rotatable bonds is 10. The predicted molar refractivity (Wildman–Crippen MR) is 150 cm³/mol. The molecule has 0 aliphatic carbocycles. The largest absolute Gasteiger partial charge is 0.484 e. The van der Waals surface area contributed by atoms with Gasteiger partial charge in [-0.2, -0.15) is 4.98 Å². The van der Waals surface area contributed by atoms with Crippen LogP contribution in [0.25, 0.3) is 11.2 Å². The van der Waals surface area contributed by atoms with Gasteiger partial charge in [0, 0.05) is 5.92 Å². The molecule has 2 aliphatic rings. The normalized spacial score (nSPS) is 23.3. The zero-order valence-electron chi connectivity index (χ0n) is 22.8. The molecule has 0 radical (unpaired) electrons. The molecule has 41 heavy (non-hydrogen) atoms. The number of H-pyrrole nitrogens is 1. The summed E-state index contributed by atoms with van der Waals surface area (Å²) in [5.41, 5.74) is 0.745. The van der Waals surface area contributed by atoms with Crippen molar-refractivity contribution in [3.05, 3.63) is 101 Å². The van der Waals surface area contributed by atoms with Crippen molar-refractivity contribution in [2.75, 3.05) is 11.9 Å². The van der Waals surface area contributed by atoms with Crippen molar-refractivity contribution in [2.24, 2.45) is 5.92 Å². The molecule has 0 spiro atoms. The number of carbonyl (C=O) groups excluding carboxylic acids is 1. The fraction of sp³-hybridized carbons (Fsp3) is 0.333. The van der Waals surface area contributed by atoms with Gasteiger partial charge in [0.25, 0.3) is 5.56 Å². The van der Waals surface area contributed by atoms with Crippen LogP contribution in [-0.4, -0.2) is 49.8 Å². The van der Waals surface area contributed by atoms with Crippen LogP contribution in [0.3, 0.4) is 0 Å². The first-order chi connectivity index (χ1) is 19.9. The number of carbonyl (C=O) groups is 1. The molecule has 2 aromatic carbocycles. The Labute approximate surface area is 236 Å². The summed E-state index contributed by atoms with van der Waals surface area (Å²) in [5.74, 6) is -0.148. The Morgan fingerprint density at radius 3 is 2.49 bits per heavy atom. The molecule has 2 N–H and O–H groups in total. The Kier molecular flexibility index (Phi) is 7.16. The maximum Gasteiger partial charge on any atom is 0.280 e. The quantitative estimate of drug-likeness (QED) is 0.302. The van der Waals surface area contributed by atoms with E-state index >= 15 is 0 Å². The van der Waals surface area contributed by atoms with Crippen LogP contribution in [0.5, 0.6) is 0 Å². The second-order valence-corrected chi connectivity index (χ2v) is 10.5. The van der Waals surface area contributed by atoms with Gasteiger partial charge in [0.1, 0.15) is 11.9 Å². The van der Waals surface area contributed by atoms with E-state index in [9.17, 15) is 9.59 Å². The van der Waals surface area contributed by atoms with Gasteiger partial charge in [0.05, 0.1) is 26.1 Å². The SMILES string of the molecule is C=C1OC2C(OCc3ccccc3)[C@@]1(COCc1ccccc1)O[C@H]2n1cnc2c(=O)[nH]c(NC(=O)C(C)C)nc21. The van der Waals surface area contributed by atoms with Crippen LogP contribution in [0.4, 0.5) is 5.95 Å². The number of imidazole rings is 1. The zero-order valence-corrected chi connectivity index (χ0v) is 22.8. The van der Waals surface area contributed by atoms with E-state index in [-0.39, 0.29) is 35.5 Å². The lowest BCUT2D eigenvalue weighted by Gasteiger charge is -2.32. The number of nitrogens with one attached hydrogen (secondary N) is 2. The van der Waals surface area contributed by atoms with Gasteiger partial charge in [0.2, 0.25) is 11.9 Å². The van der Waals surface area contributed by atoms with E-state index in [0.29, 0.717) is 19.0 Å². The first-order valence-corrected chi connectivity index (χ1v) is 13.4. The van der Waals surface area contributed by atoms with Crippen molar-refractivity contribution >= 4 is 23.0 Å². The van der Waals surface area contributed by atoms with Gasteiger partial charge in [-0.25, -0.2) is 4.98 Å². The molecule has 6 rings (SSSR count). The summed E-state index contributed by atoms with van der Waals surface area (Å²) in [6.45, 7) is 8.46. The van der Waals surface area contributed by atoms with Crippen molar-refractivity contribution < 1.29 is 23.7 Å². The number of anilines is 1. The zero-order chi connectivity index (χ0) is 28.6. The molecule has 11 nitrogen and oxygen atoms in total. The third-order valence-corrected chi connectivity index (χ3v) is 7.29. The monoisotopic (exact) mass is 557 g/mol. The van der Waals surface area contributed by atoms with Gasteiger partial charge >= 0.3 is 0 Å². The number of benzene rings is 2. The van der Waals surface area contributed by atoms with Crippen LogP contribution in [-0.2, 0) is 37.0 Å². The lowest BCUT2D eigenvalue weighted by molar-refractivity contribution is -0.164. The number of nitrogens with zero attached hydrogens (tertiary/aromatic N) is 3. The molecular formula is C30H31N5O6. The van der Waals surface area contributed by atoms with Crippen molar-refractivity contribution in [1.29, 1.82) is 0 Å². The van der Waals surface area contributed by atoms with Crippen molar-refractivity contribution in [1.82, 2.24) is 19.5 Å². The van der Waals surface area contributed by atoms with Crippen LogP contribution < -0.4 is 10.9 Å². The Bertz CT molecular complexity index is 1620. The number of aromatic nitrogens is 4. The topological polar surface area (TPSA) is 130 Å². The van der Waals surface area contributed by atoms with Gasteiger partial charge in [-0.3, -0.25) is 24.5 Å². The van der Waals surface area contributed by atoms with Crippen molar-refractivity contribution in [2.45, 2.75) is 51.1 Å². The van der Waals surface area contributed by atoms with Gasteiger partial charge in [0.15, 0.2) is 29.1 Å². The highest BCUT2D eigenvalue weighted by atomic mass is 16.7. The Hall–Kier alpha value is -4.32. The standard InChI is InChI=1S/C30H31N5O6/c1-18(2)26(36)33-29-32-25-22(27(37)34-29)31-17-35(25)28-23-24(39-15-21-12-8-5-9-13-21)30(41-28,19(3)40-23)16-38-14-20-10-6-4-7-11-20/h4-13,17-18,23-24,28H,3,14-16H2,1-2H3,(H2,32,33,34,36,37)/t23?,24?,28-,30+/m1/s1. The molecule has 212 valence electrons. The Morgan fingerprint density at radius 1 is 1.12 bits per heavy atom. The molecule has 2 aromatic heterocycles. The first-order valence-electron chi connectivity index (χ1n) is 13.4. The molecule has 1 amide bonds. The van der Waals surface area contributed by atoms with Crippen LogP contribution in [0.15, 0.2) is 84.1 Å². The van der Waals surface area contributed by atoms with E-state index in [1.165, 1.54) is 6.33 Å². The second-order valence-electron chi connectivity index (χ2n) is 10.5. The second kappa shape index (κ2) is 10.9. The fourth-order valence-electron chi connectivity index (χ4n) is 5.10. The van der Waals surface area contributed by atoms with E-state index in [0.717, 1.165) is 11.1 Å². The van der Waals surface area contributed by atoms with Gasteiger partial charge in [-0.1, -0.05) is 81.1 Å². The summed E-state index contributed by atoms with van der Waals surface area (Å²) in [6.07, 6.45) is -0.477. The third kappa shape index (κ3) is 5.03. The maximum absolute atomic E-state index is 12.8. The molecule has 11 heteroatoms. The van der Waals surface area contributed by atoms with Gasteiger partial charge in [-0.15, -0.1) is 0 Å². The highest BCUT2D eigenvalue weighted by Gasteiger charge is 2.66. The molecule has 4 aromatic rings. The number of hydrogen-bond donors (Lipinski definition) is 2. The Balaban J connectivity index is 1.32.